The van der Waals surface area contributed by atoms with Gasteiger partial charge in [-0.15, -0.1) is 0 Å². The highest BCUT2D eigenvalue weighted by atomic mass is 16.5. The second-order valence-corrected chi connectivity index (χ2v) is 10.3. The van der Waals surface area contributed by atoms with Crippen molar-refractivity contribution < 1.29 is 24.2 Å². The monoisotopic (exact) mass is 480 g/mol. The van der Waals surface area contributed by atoms with E-state index in [0.717, 1.165) is 28.7 Å². The normalized spacial score (nSPS) is 14.4. The number of hydrogen-bond acceptors (Lipinski definition) is 4. The fraction of sp³-hybridized carbons (Fsp3) is 0.464. The Morgan fingerprint density at radius 3 is 2.03 bits per heavy atom. The van der Waals surface area contributed by atoms with E-state index >= 15 is 0 Å². The van der Waals surface area contributed by atoms with Crippen molar-refractivity contribution >= 4 is 18.0 Å². The van der Waals surface area contributed by atoms with Crippen LogP contribution in [-0.4, -0.2) is 41.8 Å². The molecule has 7 heteroatoms. The maximum atomic E-state index is 12.9. The summed E-state index contributed by atoms with van der Waals surface area (Å²) in [4.78, 5) is 37.3. The van der Waals surface area contributed by atoms with Crippen LogP contribution in [0.5, 0.6) is 0 Å². The number of alkyl carbamates (subject to hydrolysis) is 1. The molecule has 2 unspecified atom stereocenters. The molecule has 2 aromatic rings. The standard InChI is InChI=1S/C28H36N2O5/c1-5-6-15-23(25(31)29-24(26(32)33)16-28(2,3)4)30-27(34)35-17-22-20-13-9-7-11-18(20)19-12-8-10-14-21(19)22/h7-14,22-24H,5-6,15-17H2,1-4H3,(H,29,31)(H,30,34)(H,32,33). The van der Waals surface area contributed by atoms with Crippen molar-refractivity contribution in [3.8, 4) is 11.1 Å². The summed E-state index contributed by atoms with van der Waals surface area (Å²) in [7, 11) is 0. The van der Waals surface area contributed by atoms with Gasteiger partial charge < -0.3 is 20.5 Å². The molecule has 2 atom stereocenters. The highest BCUT2D eigenvalue weighted by Gasteiger charge is 2.31. The summed E-state index contributed by atoms with van der Waals surface area (Å²) < 4.78 is 5.59. The molecule has 2 aromatic carbocycles. The van der Waals surface area contributed by atoms with E-state index in [-0.39, 0.29) is 24.4 Å². The average Bonchev–Trinajstić information content (AvgIpc) is 3.12. The Kier molecular flexibility index (Phi) is 8.54. The molecule has 7 nitrogen and oxygen atoms in total. The van der Waals surface area contributed by atoms with Gasteiger partial charge in [-0.1, -0.05) is 89.1 Å². The summed E-state index contributed by atoms with van der Waals surface area (Å²) in [6.45, 7) is 7.88. The summed E-state index contributed by atoms with van der Waals surface area (Å²) in [5.74, 6) is -1.69. The fourth-order valence-corrected chi connectivity index (χ4v) is 4.54. The van der Waals surface area contributed by atoms with E-state index in [1.54, 1.807) is 0 Å². The molecule has 0 bridgehead atoms. The van der Waals surface area contributed by atoms with Gasteiger partial charge in [-0.05, 0) is 40.5 Å². The lowest BCUT2D eigenvalue weighted by Crippen LogP contribution is -2.52. The van der Waals surface area contributed by atoms with Gasteiger partial charge in [0.25, 0.3) is 0 Å². The van der Waals surface area contributed by atoms with Crippen LogP contribution >= 0.6 is 0 Å². The van der Waals surface area contributed by atoms with Crippen LogP contribution in [0.25, 0.3) is 11.1 Å². The molecule has 0 aromatic heterocycles. The number of carbonyl (C=O) groups is 3. The van der Waals surface area contributed by atoms with Gasteiger partial charge in [-0.2, -0.15) is 0 Å². The first-order valence-corrected chi connectivity index (χ1v) is 12.3. The van der Waals surface area contributed by atoms with Crippen LogP contribution in [0.1, 0.15) is 70.4 Å². The summed E-state index contributed by atoms with van der Waals surface area (Å²) in [6, 6.07) is 14.2. The minimum absolute atomic E-state index is 0.0840. The first-order valence-electron chi connectivity index (χ1n) is 12.3. The number of ether oxygens (including phenoxy) is 1. The zero-order valence-electron chi connectivity index (χ0n) is 21.0. The number of nitrogens with one attached hydrogen (secondary N) is 2. The van der Waals surface area contributed by atoms with Gasteiger partial charge in [0.15, 0.2) is 0 Å². The number of carboxylic acids is 1. The topological polar surface area (TPSA) is 105 Å². The quantitative estimate of drug-likeness (QED) is 0.439. The van der Waals surface area contributed by atoms with E-state index in [1.165, 1.54) is 0 Å². The third-order valence-electron chi connectivity index (χ3n) is 6.23. The first-order chi connectivity index (χ1) is 16.6. The van der Waals surface area contributed by atoms with Gasteiger partial charge >= 0.3 is 12.1 Å². The molecule has 0 radical (unpaired) electrons. The van der Waals surface area contributed by atoms with Crippen LogP contribution in [0, 0.1) is 5.41 Å². The second-order valence-electron chi connectivity index (χ2n) is 10.3. The molecule has 35 heavy (non-hydrogen) atoms. The highest BCUT2D eigenvalue weighted by Crippen LogP contribution is 2.44. The number of hydrogen-bond donors (Lipinski definition) is 3. The Hall–Kier alpha value is -3.35. The molecule has 0 spiro atoms. The molecule has 0 saturated heterocycles. The highest BCUT2D eigenvalue weighted by molar-refractivity contribution is 5.89. The third-order valence-corrected chi connectivity index (χ3v) is 6.23. The predicted octanol–water partition coefficient (Wildman–Crippen LogP) is 5.09. The zero-order valence-corrected chi connectivity index (χ0v) is 21.0. The minimum Gasteiger partial charge on any atom is -0.480 e. The molecule has 3 rings (SSSR count). The van der Waals surface area contributed by atoms with Crippen LogP contribution in [0.4, 0.5) is 4.79 Å². The molecule has 1 aliphatic carbocycles. The van der Waals surface area contributed by atoms with Crippen LogP contribution in [0.3, 0.4) is 0 Å². The van der Waals surface area contributed by atoms with E-state index < -0.39 is 30.1 Å². The Bertz CT molecular complexity index is 1010. The van der Waals surface area contributed by atoms with Gasteiger partial charge in [-0.25, -0.2) is 9.59 Å². The van der Waals surface area contributed by atoms with Crippen molar-refractivity contribution in [3.63, 3.8) is 0 Å². The zero-order chi connectivity index (χ0) is 25.6. The van der Waals surface area contributed by atoms with Crippen molar-refractivity contribution in [1.82, 2.24) is 10.6 Å². The SMILES string of the molecule is CCCCC(NC(=O)OCC1c2ccccc2-c2ccccc21)C(=O)NC(CC(C)(C)C)C(=O)O. The number of rotatable bonds is 10. The Morgan fingerprint density at radius 2 is 1.51 bits per heavy atom. The molecular formula is C28H36N2O5. The summed E-state index contributed by atoms with van der Waals surface area (Å²) in [6.07, 6.45) is 1.53. The van der Waals surface area contributed by atoms with E-state index in [0.29, 0.717) is 12.8 Å². The Labute approximate surface area is 207 Å². The molecule has 1 aliphatic rings. The lowest BCUT2D eigenvalue weighted by atomic mass is 9.88. The average molecular weight is 481 g/mol. The van der Waals surface area contributed by atoms with E-state index in [4.69, 9.17) is 4.74 Å². The fourth-order valence-electron chi connectivity index (χ4n) is 4.54. The smallest absolute Gasteiger partial charge is 0.407 e. The van der Waals surface area contributed by atoms with E-state index in [1.807, 2.05) is 64.1 Å². The van der Waals surface area contributed by atoms with Gasteiger partial charge in [0.05, 0.1) is 0 Å². The molecule has 0 saturated carbocycles. The minimum atomic E-state index is -1.09. The number of carboxylic acid groups (broad SMARTS) is 1. The maximum Gasteiger partial charge on any atom is 0.407 e. The van der Waals surface area contributed by atoms with Crippen LogP contribution in [0.15, 0.2) is 48.5 Å². The van der Waals surface area contributed by atoms with Gasteiger partial charge in [0.2, 0.25) is 5.91 Å². The number of fused-ring (bicyclic) bond motifs is 3. The third kappa shape index (κ3) is 6.84. The maximum absolute atomic E-state index is 12.9. The summed E-state index contributed by atoms with van der Waals surface area (Å²) in [5.41, 5.74) is 4.20. The number of amides is 2. The lowest BCUT2D eigenvalue weighted by molar-refractivity contribution is -0.143. The molecule has 2 amide bonds. The Balaban J connectivity index is 1.66. The number of carbonyl (C=O) groups excluding carboxylic acids is 2. The molecule has 0 fully saturated rings. The van der Waals surface area contributed by atoms with Crippen molar-refractivity contribution in [1.29, 1.82) is 0 Å². The molecule has 0 aliphatic heterocycles. The lowest BCUT2D eigenvalue weighted by Gasteiger charge is -2.26. The molecule has 188 valence electrons. The molecular weight excluding hydrogens is 444 g/mol. The summed E-state index contributed by atoms with van der Waals surface area (Å²) in [5, 5.41) is 14.8. The number of aliphatic carboxylic acids is 1. The predicted molar refractivity (Wildman–Crippen MR) is 135 cm³/mol. The van der Waals surface area contributed by atoms with Crippen molar-refractivity contribution in [2.24, 2.45) is 5.41 Å². The molecule has 0 heterocycles. The van der Waals surface area contributed by atoms with E-state index in [2.05, 4.69) is 22.8 Å². The molecule has 3 N–H and O–H groups in total. The number of unbranched alkanes of at least 4 members (excludes halogenated alkanes) is 1. The largest absolute Gasteiger partial charge is 0.480 e. The van der Waals surface area contributed by atoms with Gasteiger partial charge in [0.1, 0.15) is 18.7 Å². The first kappa shape index (κ1) is 26.3. The Morgan fingerprint density at radius 1 is 0.943 bits per heavy atom. The van der Waals surface area contributed by atoms with Crippen LogP contribution < -0.4 is 10.6 Å². The summed E-state index contributed by atoms with van der Waals surface area (Å²) >= 11 is 0. The van der Waals surface area contributed by atoms with Gasteiger partial charge in [-0.3, -0.25) is 4.79 Å². The van der Waals surface area contributed by atoms with Crippen LogP contribution in [0.2, 0.25) is 0 Å². The van der Waals surface area contributed by atoms with E-state index in [9.17, 15) is 19.5 Å². The van der Waals surface area contributed by atoms with Crippen molar-refractivity contribution in [2.75, 3.05) is 6.61 Å². The van der Waals surface area contributed by atoms with Crippen molar-refractivity contribution in [2.45, 2.75) is 71.4 Å². The number of benzene rings is 2. The van der Waals surface area contributed by atoms with Crippen LogP contribution in [-0.2, 0) is 14.3 Å². The van der Waals surface area contributed by atoms with Gasteiger partial charge in [0, 0.05) is 5.92 Å². The second kappa shape index (κ2) is 11.4. The van der Waals surface area contributed by atoms with Crippen molar-refractivity contribution in [3.05, 3.63) is 59.7 Å².